The molecule has 5 nitrogen and oxygen atoms in total. The first-order chi connectivity index (χ1) is 8.29. The van der Waals surface area contributed by atoms with E-state index in [2.05, 4.69) is 14.9 Å². The molecule has 2 aliphatic rings. The lowest BCUT2D eigenvalue weighted by Gasteiger charge is -2.16. The van der Waals surface area contributed by atoms with Gasteiger partial charge in [-0.2, -0.15) is 0 Å². The summed E-state index contributed by atoms with van der Waals surface area (Å²) >= 11 is 1.23. The van der Waals surface area contributed by atoms with Crippen LogP contribution in [0.15, 0.2) is 0 Å². The molecule has 92 valence electrons. The van der Waals surface area contributed by atoms with Gasteiger partial charge in [-0.25, -0.2) is 0 Å². The summed E-state index contributed by atoms with van der Waals surface area (Å²) in [6, 6.07) is 0. The number of nitrogens with one attached hydrogen (secondary N) is 1. The number of carbonyl (C=O) groups is 1. The zero-order chi connectivity index (χ0) is 11.8. The Bertz CT molecular complexity index is 421. The second-order valence-electron chi connectivity index (χ2n) is 4.79. The fraction of sp³-hybridized carbons (Fsp3) is 0.727. The van der Waals surface area contributed by atoms with Crippen molar-refractivity contribution >= 4 is 17.4 Å². The van der Waals surface area contributed by atoms with E-state index < -0.39 is 0 Å². The van der Waals surface area contributed by atoms with Crippen molar-refractivity contribution in [2.24, 2.45) is 11.8 Å². The van der Waals surface area contributed by atoms with Gasteiger partial charge in [0.05, 0.1) is 5.69 Å². The summed E-state index contributed by atoms with van der Waals surface area (Å²) in [4.78, 5) is 15.1. The van der Waals surface area contributed by atoms with Crippen LogP contribution in [0, 0.1) is 11.8 Å². The minimum atomic E-state index is 0.131. The van der Waals surface area contributed by atoms with Gasteiger partial charge in [-0.1, -0.05) is 11.4 Å². The molecule has 2 fully saturated rings. The number of likely N-dealkylation sites (tertiary alicyclic amines) is 1. The Kier molecular flexibility index (Phi) is 2.84. The van der Waals surface area contributed by atoms with Gasteiger partial charge in [0.2, 0.25) is 0 Å². The lowest BCUT2D eigenvalue weighted by molar-refractivity contribution is 0.0785. The van der Waals surface area contributed by atoms with Crippen LogP contribution in [0.2, 0.25) is 0 Å². The van der Waals surface area contributed by atoms with Crippen LogP contribution >= 0.6 is 11.5 Å². The first-order valence-electron chi connectivity index (χ1n) is 6.10. The maximum Gasteiger partial charge on any atom is 0.267 e. The molecule has 6 heteroatoms. The van der Waals surface area contributed by atoms with Crippen LogP contribution in [-0.2, 0) is 6.42 Å². The van der Waals surface area contributed by atoms with Gasteiger partial charge in [-0.3, -0.25) is 4.79 Å². The first kappa shape index (κ1) is 11.1. The molecule has 1 aromatic heterocycles. The summed E-state index contributed by atoms with van der Waals surface area (Å²) in [6.45, 7) is 5.89. The maximum absolute atomic E-state index is 12.4. The number of amides is 1. The highest BCUT2D eigenvalue weighted by Gasteiger charge is 2.39. The lowest BCUT2D eigenvalue weighted by Crippen LogP contribution is -2.31. The Morgan fingerprint density at radius 2 is 2.18 bits per heavy atom. The van der Waals surface area contributed by atoms with Gasteiger partial charge in [0, 0.05) is 26.2 Å². The monoisotopic (exact) mass is 252 g/mol. The van der Waals surface area contributed by atoms with Gasteiger partial charge in [-0.05, 0) is 29.8 Å². The fourth-order valence-electron chi connectivity index (χ4n) is 2.77. The minimum Gasteiger partial charge on any atom is -0.337 e. The summed E-state index contributed by atoms with van der Waals surface area (Å²) in [7, 11) is 0. The van der Waals surface area contributed by atoms with Crippen LogP contribution in [0.5, 0.6) is 0 Å². The maximum atomic E-state index is 12.4. The van der Waals surface area contributed by atoms with E-state index in [1.165, 1.54) is 11.5 Å². The van der Waals surface area contributed by atoms with Crippen molar-refractivity contribution in [3.8, 4) is 0 Å². The van der Waals surface area contributed by atoms with Crippen molar-refractivity contribution < 1.29 is 4.79 Å². The van der Waals surface area contributed by atoms with Crippen molar-refractivity contribution in [2.75, 3.05) is 26.2 Å². The largest absolute Gasteiger partial charge is 0.337 e. The Labute approximate surface area is 104 Å². The molecule has 2 atom stereocenters. The Hall–Kier alpha value is -1.01. The molecule has 1 aromatic rings. The number of hydrogen-bond acceptors (Lipinski definition) is 5. The van der Waals surface area contributed by atoms with E-state index >= 15 is 0 Å². The topological polar surface area (TPSA) is 58.1 Å². The third-order valence-electron chi connectivity index (χ3n) is 3.76. The summed E-state index contributed by atoms with van der Waals surface area (Å²) in [6.07, 6.45) is 0.778. The number of nitrogens with zero attached hydrogens (tertiary/aromatic N) is 3. The first-order valence-corrected chi connectivity index (χ1v) is 6.88. The van der Waals surface area contributed by atoms with Crippen molar-refractivity contribution in [2.45, 2.75) is 13.3 Å². The van der Waals surface area contributed by atoms with Gasteiger partial charge < -0.3 is 10.2 Å². The molecule has 0 radical (unpaired) electrons. The van der Waals surface area contributed by atoms with Gasteiger partial charge in [0.25, 0.3) is 5.91 Å². The van der Waals surface area contributed by atoms with Crippen LogP contribution in [0.25, 0.3) is 0 Å². The molecule has 0 aromatic carbocycles. The molecule has 0 spiro atoms. The van der Waals surface area contributed by atoms with E-state index in [0.29, 0.717) is 11.8 Å². The second kappa shape index (κ2) is 4.34. The molecule has 2 unspecified atom stereocenters. The number of aryl methyl sites for hydroxylation is 1. The molecule has 3 rings (SSSR count). The Morgan fingerprint density at radius 3 is 2.82 bits per heavy atom. The normalized spacial score (nSPS) is 27.5. The van der Waals surface area contributed by atoms with Crippen molar-refractivity contribution in [1.82, 2.24) is 19.8 Å². The Balaban J connectivity index is 1.75. The van der Waals surface area contributed by atoms with Crippen molar-refractivity contribution in [3.05, 3.63) is 10.6 Å². The highest BCUT2D eigenvalue weighted by molar-refractivity contribution is 7.08. The molecule has 0 saturated carbocycles. The highest BCUT2D eigenvalue weighted by atomic mass is 32.1. The average molecular weight is 252 g/mol. The van der Waals surface area contributed by atoms with E-state index in [1.54, 1.807) is 0 Å². The van der Waals surface area contributed by atoms with Crippen LogP contribution < -0.4 is 5.32 Å². The van der Waals surface area contributed by atoms with Crippen LogP contribution in [0.3, 0.4) is 0 Å². The molecule has 1 N–H and O–H groups in total. The lowest BCUT2D eigenvalue weighted by atomic mass is 10.0. The van der Waals surface area contributed by atoms with Crippen molar-refractivity contribution in [3.63, 3.8) is 0 Å². The van der Waals surface area contributed by atoms with Gasteiger partial charge in [-0.15, -0.1) is 5.10 Å². The zero-order valence-electron chi connectivity index (χ0n) is 9.85. The summed E-state index contributed by atoms with van der Waals surface area (Å²) in [5, 5.41) is 7.39. The summed E-state index contributed by atoms with van der Waals surface area (Å²) in [5.74, 6) is 1.42. The fourth-order valence-corrected chi connectivity index (χ4v) is 3.49. The van der Waals surface area contributed by atoms with E-state index in [4.69, 9.17) is 0 Å². The zero-order valence-corrected chi connectivity index (χ0v) is 10.7. The SMILES string of the molecule is CCc1nnsc1C(=O)N1CC2CNCC2C1. The molecular formula is C11H16N4OS. The van der Waals surface area contributed by atoms with Crippen molar-refractivity contribution in [1.29, 1.82) is 0 Å². The third kappa shape index (κ3) is 1.85. The van der Waals surface area contributed by atoms with Crippen LogP contribution in [-0.4, -0.2) is 46.6 Å². The number of aromatic nitrogens is 2. The number of hydrogen-bond donors (Lipinski definition) is 1. The van der Waals surface area contributed by atoms with Gasteiger partial charge in [0.1, 0.15) is 4.88 Å². The molecular weight excluding hydrogens is 236 g/mol. The predicted molar refractivity (Wildman–Crippen MR) is 65.0 cm³/mol. The van der Waals surface area contributed by atoms with Gasteiger partial charge >= 0.3 is 0 Å². The minimum absolute atomic E-state index is 0.131. The molecule has 0 aliphatic carbocycles. The van der Waals surface area contributed by atoms with E-state index in [9.17, 15) is 4.79 Å². The second-order valence-corrected chi connectivity index (χ2v) is 5.54. The van der Waals surface area contributed by atoms with Crippen LogP contribution in [0.4, 0.5) is 0 Å². The number of rotatable bonds is 2. The smallest absolute Gasteiger partial charge is 0.267 e. The number of carbonyl (C=O) groups excluding carboxylic acids is 1. The third-order valence-corrected chi connectivity index (χ3v) is 4.52. The van der Waals surface area contributed by atoms with E-state index in [-0.39, 0.29) is 5.91 Å². The molecule has 2 saturated heterocycles. The molecule has 0 bridgehead atoms. The molecule has 1 amide bonds. The molecule has 3 heterocycles. The molecule has 2 aliphatic heterocycles. The summed E-state index contributed by atoms with van der Waals surface area (Å²) in [5.41, 5.74) is 0.843. The average Bonchev–Trinajstić information content (AvgIpc) is 3.02. The Morgan fingerprint density at radius 1 is 1.47 bits per heavy atom. The quantitative estimate of drug-likeness (QED) is 0.827. The summed E-state index contributed by atoms with van der Waals surface area (Å²) < 4.78 is 3.89. The van der Waals surface area contributed by atoms with Gasteiger partial charge in [0.15, 0.2) is 0 Å². The molecule has 17 heavy (non-hydrogen) atoms. The van der Waals surface area contributed by atoms with E-state index in [1.807, 2.05) is 11.8 Å². The number of fused-ring (bicyclic) bond motifs is 1. The highest BCUT2D eigenvalue weighted by Crippen LogP contribution is 2.28. The standard InChI is InChI=1S/C11H16N4OS/c1-2-9-10(17-14-13-9)11(16)15-5-7-3-12-4-8(7)6-15/h7-8,12H,2-6H2,1H3. The van der Waals surface area contributed by atoms with E-state index in [0.717, 1.165) is 43.2 Å². The predicted octanol–water partition coefficient (Wildman–Crippen LogP) is 0.392. The van der Waals surface area contributed by atoms with Crippen LogP contribution in [0.1, 0.15) is 22.3 Å².